The molecule has 0 saturated heterocycles. The first-order valence-corrected chi connectivity index (χ1v) is 10.6. The van der Waals surface area contributed by atoms with Crippen LogP contribution < -0.4 is 9.46 Å². The Labute approximate surface area is 172 Å². The van der Waals surface area contributed by atoms with Crippen molar-refractivity contribution in [2.75, 3.05) is 13.3 Å². The van der Waals surface area contributed by atoms with Gasteiger partial charge in [-0.1, -0.05) is 23.7 Å². The van der Waals surface area contributed by atoms with Gasteiger partial charge in [0.1, 0.15) is 18.2 Å². The summed E-state index contributed by atoms with van der Waals surface area (Å²) < 4.78 is 42.5. The minimum atomic E-state index is -3.60. The molecule has 0 atom stereocenters. The van der Waals surface area contributed by atoms with Crippen LogP contribution >= 0.6 is 11.6 Å². The van der Waals surface area contributed by atoms with Crippen molar-refractivity contribution in [2.45, 2.75) is 24.5 Å². The number of esters is 1. The highest BCUT2D eigenvalue weighted by atomic mass is 35.5. The molecule has 0 saturated carbocycles. The number of hydrogen-bond donors (Lipinski definition) is 1. The van der Waals surface area contributed by atoms with Gasteiger partial charge in [-0.25, -0.2) is 8.42 Å². The average molecular weight is 437 g/mol. The molecular weight excluding hydrogens is 420 g/mol. The summed E-state index contributed by atoms with van der Waals surface area (Å²) in [5, 5.41) is 0.502. The van der Waals surface area contributed by atoms with E-state index in [4.69, 9.17) is 25.8 Å². The topological polar surface area (TPSA) is 103 Å². The predicted molar refractivity (Wildman–Crippen MR) is 104 cm³/mol. The monoisotopic (exact) mass is 436 g/mol. The number of fused-ring (bicyclic) bond motifs is 2. The third-order valence-corrected chi connectivity index (χ3v) is 6.00. The molecule has 0 aliphatic carbocycles. The number of benzene rings is 2. The summed E-state index contributed by atoms with van der Waals surface area (Å²) in [6.45, 7) is 0.604. The fourth-order valence-electron chi connectivity index (χ4n) is 3.10. The summed E-state index contributed by atoms with van der Waals surface area (Å²) in [5.41, 5.74) is 1.95. The third kappa shape index (κ3) is 4.21. The molecule has 152 valence electrons. The molecule has 0 radical (unpaired) electrons. The molecule has 8 nitrogen and oxygen atoms in total. The number of rotatable bonds is 5. The Kier molecular flexibility index (Phi) is 5.44. The van der Waals surface area contributed by atoms with E-state index < -0.39 is 16.0 Å². The Bertz CT molecular complexity index is 1100. The number of amidine groups is 1. The molecule has 2 aliphatic heterocycles. The number of nitrogens with zero attached hydrogens (tertiary/aromatic N) is 1. The Morgan fingerprint density at radius 3 is 2.97 bits per heavy atom. The highest BCUT2D eigenvalue weighted by Crippen LogP contribution is 2.32. The molecule has 2 aromatic carbocycles. The molecule has 0 fully saturated rings. The quantitative estimate of drug-likeness (QED) is 0.722. The Morgan fingerprint density at radius 1 is 1.28 bits per heavy atom. The molecule has 0 unspecified atom stereocenters. The van der Waals surface area contributed by atoms with Gasteiger partial charge in [-0.05, 0) is 24.3 Å². The average Bonchev–Trinajstić information content (AvgIpc) is 2.96. The number of hydrogen-bond acceptors (Lipinski definition) is 7. The molecule has 2 aliphatic rings. The van der Waals surface area contributed by atoms with Gasteiger partial charge in [-0.3, -0.25) is 14.5 Å². The Balaban J connectivity index is 1.36. The van der Waals surface area contributed by atoms with Crippen molar-refractivity contribution >= 4 is 33.4 Å². The van der Waals surface area contributed by atoms with Crippen LogP contribution in [0.3, 0.4) is 0 Å². The van der Waals surface area contributed by atoms with Crippen molar-refractivity contribution in [3.05, 3.63) is 58.1 Å². The number of aliphatic imine (C=N–C) groups is 1. The number of halogens is 1. The van der Waals surface area contributed by atoms with E-state index in [2.05, 4.69) is 9.71 Å². The van der Waals surface area contributed by atoms with Gasteiger partial charge < -0.3 is 14.2 Å². The second kappa shape index (κ2) is 8.02. The predicted octanol–water partition coefficient (Wildman–Crippen LogP) is 2.38. The summed E-state index contributed by atoms with van der Waals surface area (Å²) >= 11 is 6.09. The molecule has 0 amide bonds. The zero-order chi connectivity index (χ0) is 20.4. The van der Waals surface area contributed by atoms with Gasteiger partial charge >= 0.3 is 5.97 Å². The van der Waals surface area contributed by atoms with E-state index in [1.165, 1.54) is 6.07 Å². The maximum Gasteiger partial charge on any atom is 0.308 e. The fraction of sp³-hybridized carbons (Fsp3) is 0.263. The standard InChI is InChI=1S/C19H17ClN2O6S/c20-14-7-12-9-26-11-28-18(12)13(8-14)10-27-17(23)5-6-21-19-15-3-1-2-4-16(15)29(24,25)22-19/h1-4,7-8H,5-6,9-11H2,(H,21,22). The van der Waals surface area contributed by atoms with Gasteiger partial charge in [-0.2, -0.15) is 0 Å². The van der Waals surface area contributed by atoms with Crippen molar-refractivity contribution < 1.29 is 27.4 Å². The number of nitrogens with one attached hydrogen (secondary N) is 1. The molecular formula is C19H17ClN2O6S. The largest absolute Gasteiger partial charge is 0.467 e. The Morgan fingerprint density at radius 2 is 2.10 bits per heavy atom. The van der Waals surface area contributed by atoms with Crippen LogP contribution in [0.5, 0.6) is 5.75 Å². The van der Waals surface area contributed by atoms with Crippen LogP contribution in [0, 0.1) is 0 Å². The molecule has 2 aromatic rings. The lowest BCUT2D eigenvalue weighted by Gasteiger charge is -2.21. The smallest absolute Gasteiger partial charge is 0.308 e. The molecule has 4 rings (SSSR count). The normalized spacial score (nSPS) is 17.8. The highest BCUT2D eigenvalue weighted by molar-refractivity contribution is 7.90. The minimum absolute atomic E-state index is 0.000118. The van der Waals surface area contributed by atoms with E-state index in [0.29, 0.717) is 28.5 Å². The van der Waals surface area contributed by atoms with E-state index >= 15 is 0 Å². The Hall–Kier alpha value is -2.62. The second-order valence-corrected chi connectivity index (χ2v) is 8.49. The first-order valence-electron chi connectivity index (χ1n) is 8.78. The maximum absolute atomic E-state index is 12.1. The van der Waals surface area contributed by atoms with Gasteiger partial charge in [-0.15, -0.1) is 0 Å². The zero-order valence-corrected chi connectivity index (χ0v) is 16.8. The summed E-state index contributed by atoms with van der Waals surface area (Å²) in [6, 6.07) is 9.97. The van der Waals surface area contributed by atoms with Gasteiger partial charge in [0.15, 0.2) is 6.79 Å². The lowest BCUT2D eigenvalue weighted by Crippen LogP contribution is -2.22. The van der Waals surface area contributed by atoms with Crippen LogP contribution in [0.2, 0.25) is 5.02 Å². The molecule has 1 N–H and O–H groups in total. The molecule has 2 heterocycles. The lowest BCUT2D eigenvalue weighted by atomic mass is 10.1. The van der Waals surface area contributed by atoms with E-state index in [9.17, 15) is 13.2 Å². The van der Waals surface area contributed by atoms with E-state index in [0.717, 1.165) is 5.56 Å². The van der Waals surface area contributed by atoms with Crippen molar-refractivity contribution in [3.8, 4) is 5.75 Å². The van der Waals surface area contributed by atoms with E-state index in [-0.39, 0.29) is 37.1 Å². The fourth-order valence-corrected chi connectivity index (χ4v) is 4.62. The van der Waals surface area contributed by atoms with E-state index in [1.54, 1.807) is 30.3 Å². The lowest BCUT2D eigenvalue weighted by molar-refractivity contribution is -0.144. The molecule has 0 bridgehead atoms. The summed E-state index contributed by atoms with van der Waals surface area (Å²) in [4.78, 5) is 16.5. The van der Waals surface area contributed by atoms with Gasteiger partial charge in [0.25, 0.3) is 10.0 Å². The van der Waals surface area contributed by atoms with Crippen molar-refractivity contribution in [3.63, 3.8) is 0 Å². The highest BCUT2D eigenvalue weighted by Gasteiger charge is 2.30. The summed E-state index contributed by atoms with van der Waals surface area (Å²) in [7, 11) is -3.60. The van der Waals surface area contributed by atoms with E-state index in [1.807, 2.05) is 0 Å². The zero-order valence-electron chi connectivity index (χ0n) is 15.2. The molecule has 0 aromatic heterocycles. The first-order chi connectivity index (χ1) is 13.9. The second-order valence-electron chi connectivity index (χ2n) is 6.41. The van der Waals surface area contributed by atoms with Crippen LogP contribution in [-0.2, 0) is 37.5 Å². The van der Waals surface area contributed by atoms with Gasteiger partial charge in [0, 0.05) is 21.7 Å². The van der Waals surface area contributed by atoms with Crippen molar-refractivity contribution in [2.24, 2.45) is 4.99 Å². The molecule has 10 heteroatoms. The summed E-state index contributed by atoms with van der Waals surface area (Å²) in [6.07, 6.45) is 0.000118. The molecule has 29 heavy (non-hydrogen) atoms. The number of ether oxygens (including phenoxy) is 3. The maximum atomic E-state index is 12.1. The molecule has 0 spiro atoms. The van der Waals surface area contributed by atoms with Gasteiger partial charge in [0.2, 0.25) is 0 Å². The number of carbonyl (C=O) groups excluding carboxylic acids is 1. The summed E-state index contributed by atoms with van der Waals surface area (Å²) in [5.74, 6) is 0.376. The van der Waals surface area contributed by atoms with Crippen LogP contribution in [0.4, 0.5) is 0 Å². The SMILES string of the molecule is O=C(CCN=C1NS(=O)(=O)c2ccccc21)OCc1cc(Cl)cc2c1OCOC2. The third-order valence-electron chi connectivity index (χ3n) is 4.39. The first kappa shape index (κ1) is 19.7. The van der Waals surface area contributed by atoms with Crippen LogP contribution in [-0.4, -0.2) is 33.6 Å². The van der Waals surface area contributed by atoms with Crippen LogP contribution in [0.1, 0.15) is 23.1 Å². The number of carbonyl (C=O) groups is 1. The van der Waals surface area contributed by atoms with Gasteiger partial charge in [0.05, 0.1) is 24.5 Å². The van der Waals surface area contributed by atoms with Crippen molar-refractivity contribution in [1.82, 2.24) is 4.72 Å². The minimum Gasteiger partial charge on any atom is -0.467 e. The van der Waals surface area contributed by atoms with Crippen molar-refractivity contribution in [1.29, 1.82) is 0 Å². The van der Waals surface area contributed by atoms with Crippen LogP contribution in [0.25, 0.3) is 0 Å². The number of sulfonamides is 1. The van der Waals surface area contributed by atoms with Crippen LogP contribution in [0.15, 0.2) is 46.3 Å².